The Balaban J connectivity index is 1.80. The van der Waals surface area contributed by atoms with Crippen molar-refractivity contribution in [3.63, 3.8) is 0 Å². The van der Waals surface area contributed by atoms with Gasteiger partial charge in [-0.25, -0.2) is 9.59 Å². The van der Waals surface area contributed by atoms with Crippen molar-refractivity contribution >= 4 is 23.7 Å². The summed E-state index contributed by atoms with van der Waals surface area (Å²) in [5.74, 6) is 0.584. The van der Waals surface area contributed by atoms with Crippen molar-refractivity contribution in [3.05, 3.63) is 54.6 Å². The van der Waals surface area contributed by atoms with Gasteiger partial charge in [-0.2, -0.15) is 0 Å². The normalized spacial score (nSPS) is 11.8. The Morgan fingerprint density at radius 1 is 0.938 bits per heavy atom. The van der Waals surface area contributed by atoms with Crippen LogP contribution in [-0.4, -0.2) is 36.7 Å². The Morgan fingerprint density at radius 3 is 2.16 bits per heavy atom. The second-order valence-electron chi connectivity index (χ2n) is 8.10. The van der Waals surface area contributed by atoms with Gasteiger partial charge < -0.3 is 24.8 Å². The van der Waals surface area contributed by atoms with E-state index in [0.717, 1.165) is 5.75 Å². The van der Waals surface area contributed by atoms with Crippen molar-refractivity contribution in [2.24, 2.45) is 0 Å². The lowest BCUT2D eigenvalue weighted by atomic mass is 10.1. The molecule has 0 aromatic heterocycles. The lowest BCUT2D eigenvalue weighted by Gasteiger charge is -2.22. The van der Waals surface area contributed by atoms with Gasteiger partial charge in [0.2, 0.25) is 5.91 Å². The minimum atomic E-state index is -0.892. The second kappa shape index (κ2) is 11.7. The second-order valence-corrected chi connectivity index (χ2v) is 8.10. The maximum absolute atomic E-state index is 12.2. The van der Waals surface area contributed by atoms with E-state index in [9.17, 15) is 14.4 Å². The van der Waals surface area contributed by atoms with Crippen LogP contribution in [0.15, 0.2) is 54.6 Å². The molecular weight excluding hydrogens is 412 g/mol. The zero-order valence-corrected chi connectivity index (χ0v) is 18.8. The highest BCUT2D eigenvalue weighted by atomic mass is 16.6. The maximum atomic E-state index is 12.2. The van der Waals surface area contributed by atoms with Crippen molar-refractivity contribution in [2.45, 2.75) is 51.7 Å². The van der Waals surface area contributed by atoms with Crippen LogP contribution in [0.3, 0.4) is 0 Å². The first-order chi connectivity index (χ1) is 15.2. The van der Waals surface area contributed by atoms with Crippen molar-refractivity contribution in [1.82, 2.24) is 5.32 Å². The summed E-state index contributed by atoms with van der Waals surface area (Å²) in [6, 6.07) is 15.5. The van der Waals surface area contributed by atoms with E-state index < -0.39 is 23.7 Å². The van der Waals surface area contributed by atoms with Crippen LogP contribution in [0.5, 0.6) is 11.5 Å². The molecule has 0 fully saturated rings. The zero-order valence-electron chi connectivity index (χ0n) is 18.8. The number of alkyl carbamates (subject to hydrolysis) is 1. The van der Waals surface area contributed by atoms with Crippen LogP contribution < -0.4 is 15.4 Å². The molecular formula is C24H30N2O6. The van der Waals surface area contributed by atoms with Crippen LogP contribution >= 0.6 is 0 Å². The summed E-state index contributed by atoms with van der Waals surface area (Å²) in [5, 5.41) is 5.29. The molecule has 0 aliphatic heterocycles. The van der Waals surface area contributed by atoms with Crippen molar-refractivity contribution < 1.29 is 28.6 Å². The summed E-state index contributed by atoms with van der Waals surface area (Å²) in [7, 11) is 1.24. The molecule has 0 bridgehead atoms. The quantitative estimate of drug-likeness (QED) is 0.548. The molecule has 0 heterocycles. The molecule has 2 rings (SSSR count). The van der Waals surface area contributed by atoms with Gasteiger partial charge in [-0.15, -0.1) is 0 Å². The molecule has 2 aromatic rings. The molecule has 0 saturated carbocycles. The van der Waals surface area contributed by atoms with E-state index in [2.05, 4.69) is 10.6 Å². The van der Waals surface area contributed by atoms with E-state index in [0.29, 0.717) is 17.9 Å². The lowest BCUT2D eigenvalue weighted by Crippen LogP contribution is -2.44. The van der Waals surface area contributed by atoms with Gasteiger partial charge in [-0.1, -0.05) is 18.2 Å². The van der Waals surface area contributed by atoms with E-state index in [1.165, 1.54) is 7.11 Å². The summed E-state index contributed by atoms with van der Waals surface area (Å²) in [6.07, 6.45) is 0.0705. The van der Waals surface area contributed by atoms with Crippen LogP contribution in [0.2, 0.25) is 0 Å². The number of hydrogen-bond donors (Lipinski definition) is 2. The molecule has 32 heavy (non-hydrogen) atoms. The van der Waals surface area contributed by atoms with E-state index in [1.807, 2.05) is 30.3 Å². The molecule has 0 spiro atoms. The third-order valence-electron chi connectivity index (χ3n) is 4.19. The first-order valence-corrected chi connectivity index (χ1v) is 10.4. The summed E-state index contributed by atoms with van der Waals surface area (Å²) in [4.78, 5) is 36.1. The predicted octanol–water partition coefficient (Wildman–Crippen LogP) is 4.65. The predicted molar refractivity (Wildman–Crippen MR) is 121 cm³/mol. The van der Waals surface area contributed by atoms with Crippen LogP contribution in [0, 0.1) is 0 Å². The number of carbonyl (C=O) groups excluding carboxylic acids is 3. The Morgan fingerprint density at radius 2 is 1.56 bits per heavy atom. The highest BCUT2D eigenvalue weighted by Gasteiger charge is 2.24. The van der Waals surface area contributed by atoms with E-state index in [4.69, 9.17) is 14.2 Å². The third kappa shape index (κ3) is 9.07. The number of para-hydroxylation sites is 1. The number of anilines is 1. The Bertz CT molecular complexity index is 891. The fourth-order valence-electron chi connectivity index (χ4n) is 2.76. The van der Waals surface area contributed by atoms with E-state index in [-0.39, 0.29) is 18.7 Å². The molecule has 172 valence electrons. The van der Waals surface area contributed by atoms with Gasteiger partial charge in [0.05, 0.1) is 7.11 Å². The molecule has 0 aliphatic rings. The van der Waals surface area contributed by atoms with Gasteiger partial charge in [0.1, 0.15) is 23.1 Å². The molecule has 8 nitrogen and oxygen atoms in total. The van der Waals surface area contributed by atoms with Gasteiger partial charge in [0, 0.05) is 12.1 Å². The number of hydrogen-bond acceptors (Lipinski definition) is 6. The van der Waals surface area contributed by atoms with Gasteiger partial charge in [0.25, 0.3) is 0 Å². The molecule has 0 unspecified atom stereocenters. The zero-order chi connectivity index (χ0) is 23.6. The standard InChI is InChI=1S/C24H30N2O6/c1-24(2,3)32-23(29)26-20(22(28)30-4)11-8-12-21(27)25-17-13-15-19(16-14-17)31-18-9-6-5-7-10-18/h5-7,9-10,13-16,20H,8,11-12H2,1-4H3,(H,25,27)(H,26,29)/t20-/m0/s1. The van der Waals surface area contributed by atoms with Crippen LogP contribution in [0.25, 0.3) is 0 Å². The Kier molecular flexibility index (Phi) is 9.07. The molecule has 0 saturated heterocycles. The van der Waals surface area contributed by atoms with Gasteiger partial charge in [0.15, 0.2) is 0 Å². The van der Waals surface area contributed by atoms with Crippen LogP contribution in [0.4, 0.5) is 10.5 Å². The maximum Gasteiger partial charge on any atom is 0.408 e. The molecule has 2 N–H and O–H groups in total. The summed E-state index contributed by atoms with van der Waals surface area (Å²) >= 11 is 0. The summed E-state index contributed by atoms with van der Waals surface area (Å²) in [6.45, 7) is 5.18. The average molecular weight is 443 g/mol. The number of rotatable bonds is 9. The lowest BCUT2D eigenvalue weighted by molar-refractivity contribution is -0.143. The number of benzene rings is 2. The Labute approximate surface area is 188 Å². The molecule has 0 aliphatic carbocycles. The van der Waals surface area contributed by atoms with E-state index >= 15 is 0 Å². The van der Waals surface area contributed by atoms with Gasteiger partial charge in [-0.05, 0) is 70.0 Å². The van der Waals surface area contributed by atoms with Crippen molar-refractivity contribution in [3.8, 4) is 11.5 Å². The van der Waals surface area contributed by atoms with Crippen molar-refractivity contribution in [1.29, 1.82) is 0 Å². The topological polar surface area (TPSA) is 103 Å². The number of methoxy groups -OCH3 is 1. The van der Waals surface area contributed by atoms with Crippen LogP contribution in [0.1, 0.15) is 40.0 Å². The summed E-state index contributed by atoms with van der Waals surface area (Å²) in [5.41, 5.74) is -0.0569. The first kappa shape index (κ1) is 24.7. The largest absolute Gasteiger partial charge is 0.467 e. The minimum Gasteiger partial charge on any atom is -0.467 e. The fourth-order valence-corrected chi connectivity index (χ4v) is 2.76. The van der Waals surface area contributed by atoms with E-state index in [1.54, 1.807) is 45.0 Å². The summed E-state index contributed by atoms with van der Waals surface area (Å²) < 4.78 is 15.6. The fraction of sp³-hybridized carbons (Fsp3) is 0.375. The number of nitrogens with one attached hydrogen (secondary N) is 2. The number of amides is 2. The molecule has 2 amide bonds. The monoisotopic (exact) mass is 442 g/mol. The molecule has 1 atom stereocenters. The average Bonchev–Trinajstić information content (AvgIpc) is 2.73. The molecule has 0 radical (unpaired) electrons. The smallest absolute Gasteiger partial charge is 0.408 e. The van der Waals surface area contributed by atoms with Gasteiger partial charge in [-0.3, -0.25) is 4.79 Å². The molecule has 2 aromatic carbocycles. The van der Waals surface area contributed by atoms with Crippen LogP contribution in [-0.2, 0) is 19.1 Å². The van der Waals surface area contributed by atoms with Gasteiger partial charge >= 0.3 is 12.1 Å². The highest BCUT2D eigenvalue weighted by Crippen LogP contribution is 2.22. The SMILES string of the molecule is COC(=O)[C@H](CCCC(=O)Nc1ccc(Oc2ccccc2)cc1)NC(=O)OC(C)(C)C. The molecule has 8 heteroatoms. The first-order valence-electron chi connectivity index (χ1n) is 10.4. The van der Waals surface area contributed by atoms with Crippen molar-refractivity contribution in [2.75, 3.05) is 12.4 Å². The highest BCUT2D eigenvalue weighted by molar-refractivity contribution is 5.90. The number of carbonyl (C=O) groups is 3. The third-order valence-corrected chi connectivity index (χ3v) is 4.19. The Hall–Kier alpha value is -3.55. The number of ether oxygens (including phenoxy) is 3. The number of esters is 1. The minimum absolute atomic E-state index is 0.172.